The topological polar surface area (TPSA) is 18.5 Å². The molecule has 1 N–H and O–H groups in total. The zero-order valence-corrected chi connectivity index (χ0v) is 19.4. The Balaban J connectivity index is 1.27. The van der Waals surface area contributed by atoms with Crippen LogP contribution in [0.2, 0.25) is 5.02 Å². The van der Waals surface area contributed by atoms with Gasteiger partial charge < -0.3 is 10.2 Å². The monoisotopic (exact) mass is 445 g/mol. The van der Waals surface area contributed by atoms with E-state index < -0.39 is 0 Å². The molecule has 0 aromatic heterocycles. The van der Waals surface area contributed by atoms with Crippen LogP contribution in [0.5, 0.6) is 0 Å². The molecule has 1 saturated heterocycles. The van der Waals surface area contributed by atoms with Gasteiger partial charge in [-0.15, -0.1) is 0 Å². The number of halogens is 1. The summed E-state index contributed by atoms with van der Waals surface area (Å²) >= 11 is 6.23. The fraction of sp³-hybridized carbons (Fsp3) is 0.357. The molecule has 1 unspecified atom stereocenters. The lowest BCUT2D eigenvalue weighted by Crippen LogP contribution is -2.47. The van der Waals surface area contributed by atoms with Gasteiger partial charge in [0.05, 0.1) is 0 Å². The van der Waals surface area contributed by atoms with E-state index in [0.717, 1.165) is 57.3 Å². The summed E-state index contributed by atoms with van der Waals surface area (Å²) < 4.78 is 0. The first-order valence-corrected chi connectivity index (χ1v) is 12.2. The molecule has 0 saturated carbocycles. The molecule has 5 rings (SSSR count). The molecule has 32 heavy (non-hydrogen) atoms. The van der Waals surface area contributed by atoms with Crippen LogP contribution in [0.4, 0.5) is 5.69 Å². The predicted molar refractivity (Wildman–Crippen MR) is 135 cm³/mol. The Bertz CT molecular complexity index is 1010. The molecule has 0 spiro atoms. The zero-order chi connectivity index (χ0) is 21.8. The van der Waals surface area contributed by atoms with Crippen LogP contribution in [0.15, 0.2) is 78.9 Å². The highest BCUT2D eigenvalue weighted by molar-refractivity contribution is 6.30. The van der Waals surface area contributed by atoms with Crippen molar-refractivity contribution in [3.05, 3.63) is 101 Å². The third-order valence-electron chi connectivity index (χ3n) is 7.24. The van der Waals surface area contributed by atoms with Crippen LogP contribution in [0.1, 0.15) is 29.5 Å². The second-order valence-electron chi connectivity index (χ2n) is 9.12. The first kappa shape index (κ1) is 21.5. The highest BCUT2D eigenvalue weighted by Crippen LogP contribution is 2.41. The number of hydrogen-bond donors (Lipinski definition) is 1. The van der Waals surface area contributed by atoms with E-state index in [1.165, 1.54) is 28.8 Å². The number of para-hydroxylation sites is 1. The molecule has 2 heterocycles. The van der Waals surface area contributed by atoms with Gasteiger partial charge in [0.15, 0.2) is 0 Å². The molecule has 3 aromatic carbocycles. The Kier molecular flexibility index (Phi) is 6.49. The molecule has 3 aromatic rings. The number of benzene rings is 3. The van der Waals surface area contributed by atoms with Crippen LogP contribution in [-0.4, -0.2) is 44.2 Å². The molecule has 3 nitrogen and oxygen atoms in total. The highest BCUT2D eigenvalue weighted by Gasteiger charge is 2.37. The Labute approximate surface area is 197 Å². The number of rotatable bonds is 6. The normalized spacial score (nSPS) is 21.3. The Hall–Kier alpha value is -2.33. The van der Waals surface area contributed by atoms with Gasteiger partial charge in [0.25, 0.3) is 0 Å². The van der Waals surface area contributed by atoms with Crippen LogP contribution < -0.4 is 10.2 Å². The van der Waals surface area contributed by atoms with Gasteiger partial charge in [-0.2, -0.15) is 0 Å². The SMILES string of the molecule is Clc1ccc(C2(CCCN3CCN(c4ccccc4)CC3)CNCc3ccccc32)cc1. The molecular formula is C28H32ClN3. The summed E-state index contributed by atoms with van der Waals surface area (Å²) in [4.78, 5) is 5.14. The summed E-state index contributed by atoms with van der Waals surface area (Å²) in [5.74, 6) is 0. The Morgan fingerprint density at radius 2 is 1.53 bits per heavy atom. The summed E-state index contributed by atoms with van der Waals surface area (Å²) in [7, 11) is 0. The standard InChI is InChI=1S/C28H32ClN3/c29-25-13-11-24(12-14-25)28(22-30-21-23-7-4-5-10-27(23)28)15-6-16-31-17-19-32(20-18-31)26-8-2-1-3-9-26/h1-5,7-14,30H,6,15-22H2. The fourth-order valence-corrected chi connectivity index (χ4v) is 5.64. The minimum absolute atomic E-state index is 0.00525. The average molecular weight is 446 g/mol. The number of fused-ring (bicyclic) bond motifs is 1. The lowest BCUT2D eigenvalue weighted by Gasteiger charge is -2.41. The molecule has 1 fully saturated rings. The van der Waals surface area contributed by atoms with Gasteiger partial charge in [-0.1, -0.05) is 66.2 Å². The highest BCUT2D eigenvalue weighted by atomic mass is 35.5. The van der Waals surface area contributed by atoms with Gasteiger partial charge in [-0.3, -0.25) is 4.90 Å². The second kappa shape index (κ2) is 9.66. The summed E-state index contributed by atoms with van der Waals surface area (Å²) in [5, 5.41) is 4.51. The summed E-state index contributed by atoms with van der Waals surface area (Å²) in [5.41, 5.74) is 5.62. The van der Waals surface area contributed by atoms with E-state index in [4.69, 9.17) is 11.6 Å². The minimum atomic E-state index is 0.00525. The van der Waals surface area contributed by atoms with E-state index in [2.05, 4.69) is 81.8 Å². The number of nitrogens with zero attached hydrogens (tertiary/aromatic N) is 2. The number of anilines is 1. The quantitative estimate of drug-likeness (QED) is 0.553. The van der Waals surface area contributed by atoms with Crippen molar-refractivity contribution in [2.45, 2.75) is 24.8 Å². The Morgan fingerprint density at radius 3 is 2.31 bits per heavy atom. The van der Waals surface area contributed by atoms with Crippen molar-refractivity contribution in [2.24, 2.45) is 0 Å². The molecule has 4 heteroatoms. The summed E-state index contributed by atoms with van der Waals surface area (Å²) in [6.07, 6.45) is 2.32. The summed E-state index contributed by atoms with van der Waals surface area (Å²) in [6.45, 7) is 7.57. The molecule has 0 bridgehead atoms. The van der Waals surface area contributed by atoms with Crippen molar-refractivity contribution in [1.29, 1.82) is 0 Å². The average Bonchev–Trinajstić information content (AvgIpc) is 2.85. The maximum absolute atomic E-state index is 6.23. The van der Waals surface area contributed by atoms with E-state index >= 15 is 0 Å². The van der Waals surface area contributed by atoms with Crippen molar-refractivity contribution in [1.82, 2.24) is 10.2 Å². The van der Waals surface area contributed by atoms with Crippen molar-refractivity contribution >= 4 is 17.3 Å². The van der Waals surface area contributed by atoms with Gasteiger partial charge >= 0.3 is 0 Å². The van der Waals surface area contributed by atoms with Crippen molar-refractivity contribution in [3.63, 3.8) is 0 Å². The van der Waals surface area contributed by atoms with Crippen LogP contribution in [0.25, 0.3) is 0 Å². The molecule has 166 valence electrons. The molecule has 2 aliphatic heterocycles. The van der Waals surface area contributed by atoms with Gasteiger partial charge in [0, 0.05) is 55.4 Å². The van der Waals surface area contributed by atoms with E-state index in [0.29, 0.717) is 0 Å². The third kappa shape index (κ3) is 4.43. The van der Waals surface area contributed by atoms with Crippen molar-refractivity contribution in [2.75, 3.05) is 44.2 Å². The zero-order valence-electron chi connectivity index (χ0n) is 18.6. The van der Waals surface area contributed by atoms with E-state index in [1.54, 1.807) is 0 Å². The first-order chi connectivity index (χ1) is 15.7. The molecule has 1 atom stereocenters. The van der Waals surface area contributed by atoms with E-state index in [-0.39, 0.29) is 5.41 Å². The molecular weight excluding hydrogens is 414 g/mol. The minimum Gasteiger partial charge on any atom is -0.369 e. The Morgan fingerprint density at radius 1 is 0.812 bits per heavy atom. The van der Waals surface area contributed by atoms with E-state index in [9.17, 15) is 0 Å². The lowest BCUT2D eigenvalue weighted by molar-refractivity contribution is 0.243. The molecule has 0 radical (unpaired) electrons. The lowest BCUT2D eigenvalue weighted by atomic mass is 9.68. The smallest absolute Gasteiger partial charge is 0.0406 e. The fourth-order valence-electron chi connectivity index (χ4n) is 5.51. The largest absolute Gasteiger partial charge is 0.369 e. The van der Waals surface area contributed by atoms with Crippen LogP contribution in [-0.2, 0) is 12.0 Å². The van der Waals surface area contributed by atoms with Gasteiger partial charge in [-0.05, 0) is 60.3 Å². The van der Waals surface area contributed by atoms with Gasteiger partial charge in [-0.25, -0.2) is 0 Å². The van der Waals surface area contributed by atoms with Crippen molar-refractivity contribution < 1.29 is 0 Å². The van der Waals surface area contributed by atoms with Crippen LogP contribution >= 0.6 is 11.6 Å². The molecule has 2 aliphatic rings. The maximum atomic E-state index is 6.23. The van der Waals surface area contributed by atoms with Crippen LogP contribution in [0, 0.1) is 0 Å². The number of hydrogen-bond acceptors (Lipinski definition) is 3. The summed E-state index contributed by atoms with van der Waals surface area (Å²) in [6, 6.07) is 28.3. The maximum Gasteiger partial charge on any atom is 0.0406 e. The first-order valence-electron chi connectivity index (χ1n) is 11.8. The molecule has 0 aliphatic carbocycles. The second-order valence-corrected chi connectivity index (χ2v) is 9.55. The molecule has 0 amide bonds. The van der Waals surface area contributed by atoms with Crippen LogP contribution in [0.3, 0.4) is 0 Å². The number of piperazine rings is 1. The number of nitrogens with one attached hydrogen (secondary N) is 1. The van der Waals surface area contributed by atoms with Crippen molar-refractivity contribution in [3.8, 4) is 0 Å². The van der Waals surface area contributed by atoms with E-state index in [1.807, 2.05) is 12.1 Å². The van der Waals surface area contributed by atoms with Gasteiger partial charge in [0.2, 0.25) is 0 Å². The predicted octanol–water partition coefficient (Wildman–Crippen LogP) is 5.33. The third-order valence-corrected chi connectivity index (χ3v) is 7.50. The van der Waals surface area contributed by atoms with Gasteiger partial charge in [0.1, 0.15) is 0 Å².